The zero-order valence-electron chi connectivity index (χ0n) is 30.6. The molecule has 1 unspecified atom stereocenters. The first-order valence-electron chi connectivity index (χ1n) is 19.2. The van der Waals surface area contributed by atoms with Crippen molar-refractivity contribution in [2.45, 2.75) is 6.17 Å². The Morgan fingerprint density at radius 3 is 1.96 bits per heavy atom. The van der Waals surface area contributed by atoms with E-state index in [0.717, 1.165) is 61.6 Å². The molecule has 4 heterocycles. The van der Waals surface area contributed by atoms with Gasteiger partial charge in [0.25, 0.3) is 0 Å². The lowest BCUT2D eigenvalue weighted by Gasteiger charge is -2.23. The van der Waals surface area contributed by atoms with Crippen LogP contribution in [0.25, 0.3) is 80.7 Å². The van der Waals surface area contributed by atoms with E-state index >= 15 is 0 Å². The molecular weight excluding hydrogens is 717 g/mol. The number of hydrogen-bond acceptors (Lipinski definition) is 5. The van der Waals surface area contributed by atoms with Gasteiger partial charge in [0.05, 0.1) is 11.0 Å². The summed E-state index contributed by atoms with van der Waals surface area (Å²) < 4.78 is 11.3. The van der Waals surface area contributed by atoms with Crippen molar-refractivity contribution >= 4 is 86.9 Å². The molecule has 0 saturated heterocycles. The van der Waals surface area contributed by atoms with E-state index in [1.807, 2.05) is 24.3 Å². The summed E-state index contributed by atoms with van der Waals surface area (Å²) in [5.41, 5.74) is 10.7. The lowest BCUT2D eigenvalue weighted by atomic mass is 9.95. The van der Waals surface area contributed by atoms with Gasteiger partial charge in [0, 0.05) is 58.5 Å². The fraction of sp³-hybridized carbons (Fsp3) is 0.0196. The van der Waals surface area contributed by atoms with Gasteiger partial charge in [-0.2, -0.15) is 0 Å². The summed E-state index contributed by atoms with van der Waals surface area (Å²) >= 11 is 1.80. The van der Waals surface area contributed by atoms with E-state index in [1.54, 1.807) is 11.3 Å². The largest absolute Gasteiger partial charge is 0.456 e. The molecule has 0 amide bonds. The molecule has 11 aromatic rings. The van der Waals surface area contributed by atoms with Crippen molar-refractivity contribution in [3.63, 3.8) is 0 Å². The smallest absolute Gasteiger partial charge is 0.160 e. The number of fused-ring (bicyclic) bond motifs is 9. The molecule has 8 aromatic carbocycles. The van der Waals surface area contributed by atoms with Gasteiger partial charge in [0.1, 0.15) is 23.2 Å². The topological polar surface area (TPSA) is 54.8 Å². The van der Waals surface area contributed by atoms with Crippen LogP contribution in [-0.4, -0.2) is 16.2 Å². The number of rotatable bonds is 5. The van der Waals surface area contributed by atoms with Crippen molar-refractivity contribution in [3.05, 3.63) is 199 Å². The van der Waals surface area contributed by atoms with E-state index in [2.05, 4.69) is 168 Å². The van der Waals surface area contributed by atoms with Crippen LogP contribution >= 0.6 is 11.3 Å². The number of furan rings is 1. The maximum atomic E-state index is 6.59. The Hall–Kier alpha value is -7.28. The van der Waals surface area contributed by atoms with Gasteiger partial charge in [-0.3, -0.25) is 0 Å². The Bertz CT molecular complexity index is 3390. The van der Waals surface area contributed by atoms with Gasteiger partial charge in [-0.25, -0.2) is 9.98 Å². The quantitative estimate of drug-likeness (QED) is 0.191. The highest BCUT2D eigenvalue weighted by atomic mass is 32.1. The molecule has 1 atom stereocenters. The number of hydrogen-bond donors (Lipinski definition) is 1. The molecule has 1 aliphatic heterocycles. The first-order chi connectivity index (χ1) is 28.3. The summed E-state index contributed by atoms with van der Waals surface area (Å²) in [5.74, 6) is 1.53. The van der Waals surface area contributed by atoms with Crippen molar-refractivity contribution in [1.82, 2.24) is 9.88 Å². The summed E-state index contributed by atoms with van der Waals surface area (Å²) in [6.07, 6.45) is -0.270. The molecular formula is C51H32N4OS. The zero-order chi connectivity index (χ0) is 37.5. The van der Waals surface area contributed by atoms with Crippen molar-refractivity contribution in [2.75, 3.05) is 0 Å². The number of nitrogens with zero attached hydrogens (tertiary/aromatic N) is 3. The van der Waals surface area contributed by atoms with Crippen LogP contribution in [0.2, 0.25) is 0 Å². The van der Waals surface area contributed by atoms with Crippen LogP contribution in [0, 0.1) is 0 Å². The van der Waals surface area contributed by atoms with Crippen LogP contribution < -0.4 is 5.32 Å². The van der Waals surface area contributed by atoms with Gasteiger partial charge in [0.15, 0.2) is 5.84 Å². The third kappa shape index (κ3) is 5.01. The monoisotopic (exact) mass is 748 g/mol. The second kappa shape index (κ2) is 12.6. The van der Waals surface area contributed by atoms with Crippen LogP contribution in [0.1, 0.15) is 22.9 Å². The molecule has 268 valence electrons. The Balaban J connectivity index is 1.06. The third-order valence-corrected chi connectivity index (χ3v) is 12.5. The zero-order valence-corrected chi connectivity index (χ0v) is 31.4. The average molecular weight is 749 g/mol. The summed E-state index contributed by atoms with van der Waals surface area (Å²) in [6.45, 7) is 0. The number of benzene rings is 8. The Morgan fingerprint density at radius 2 is 1.18 bits per heavy atom. The van der Waals surface area contributed by atoms with Gasteiger partial charge in [-0.05, 0) is 65.2 Å². The van der Waals surface area contributed by atoms with E-state index in [-0.39, 0.29) is 6.17 Å². The fourth-order valence-electron chi connectivity index (χ4n) is 8.75. The number of amidine groups is 2. The SMILES string of the molecule is c1ccc(C2=NC(c3cccc4c3sc3cccc(-c5cccc6oc7ccc(-n8c9ccccc9c9ccccc98)cc7c56)c34)=NC(c3ccccc3)N2)cc1. The Kier molecular flexibility index (Phi) is 7.09. The van der Waals surface area contributed by atoms with Gasteiger partial charge >= 0.3 is 0 Å². The van der Waals surface area contributed by atoms with Crippen molar-refractivity contribution in [1.29, 1.82) is 0 Å². The molecule has 5 nitrogen and oxygen atoms in total. The number of aliphatic imine (C=N–C) groups is 2. The molecule has 0 saturated carbocycles. The Morgan fingerprint density at radius 1 is 0.526 bits per heavy atom. The predicted molar refractivity (Wildman–Crippen MR) is 238 cm³/mol. The molecule has 0 fully saturated rings. The molecule has 0 spiro atoms. The van der Waals surface area contributed by atoms with E-state index in [9.17, 15) is 0 Å². The molecule has 6 heteroatoms. The molecule has 0 bridgehead atoms. The molecule has 12 rings (SSSR count). The maximum absolute atomic E-state index is 6.59. The summed E-state index contributed by atoms with van der Waals surface area (Å²) in [6, 6.07) is 64.3. The molecule has 3 aromatic heterocycles. The molecule has 1 aliphatic rings. The van der Waals surface area contributed by atoms with Crippen LogP contribution in [-0.2, 0) is 0 Å². The van der Waals surface area contributed by atoms with Gasteiger partial charge in [-0.1, -0.05) is 133 Å². The second-order valence-electron chi connectivity index (χ2n) is 14.5. The van der Waals surface area contributed by atoms with Gasteiger partial charge in [-0.15, -0.1) is 11.3 Å². The molecule has 0 radical (unpaired) electrons. The fourth-order valence-corrected chi connectivity index (χ4v) is 9.98. The molecule has 0 aliphatic carbocycles. The van der Waals surface area contributed by atoms with Gasteiger partial charge in [0.2, 0.25) is 0 Å². The van der Waals surface area contributed by atoms with E-state index in [1.165, 1.54) is 47.5 Å². The van der Waals surface area contributed by atoms with E-state index in [4.69, 9.17) is 14.4 Å². The second-order valence-corrected chi connectivity index (χ2v) is 15.6. The lowest BCUT2D eigenvalue weighted by molar-refractivity contribution is 0.669. The molecule has 1 N–H and O–H groups in total. The predicted octanol–water partition coefficient (Wildman–Crippen LogP) is 13.2. The minimum atomic E-state index is -0.270. The van der Waals surface area contributed by atoms with Gasteiger partial charge < -0.3 is 14.3 Å². The minimum Gasteiger partial charge on any atom is -0.456 e. The van der Waals surface area contributed by atoms with Crippen molar-refractivity contribution < 1.29 is 4.42 Å². The highest BCUT2D eigenvalue weighted by molar-refractivity contribution is 7.26. The first kappa shape index (κ1) is 32.0. The first-order valence-corrected chi connectivity index (χ1v) is 20.0. The summed E-state index contributed by atoms with van der Waals surface area (Å²) in [5, 5.41) is 10.7. The highest BCUT2D eigenvalue weighted by Gasteiger charge is 2.24. The maximum Gasteiger partial charge on any atom is 0.160 e. The van der Waals surface area contributed by atoms with Crippen LogP contribution in [0.3, 0.4) is 0 Å². The van der Waals surface area contributed by atoms with E-state index < -0.39 is 0 Å². The standard InChI is InChI=1S/C51H32N4OS/c1-3-14-31(15-4-1)49-52-50(32-16-5-2-6-17-32)54-51(53-49)39-23-11-22-38-47-37(21-13-27-45(47)57-48(38)39)36-20-12-26-44-46(36)40-30-33(28-29-43(40)56-44)55-41-24-9-7-18-34(41)35-19-8-10-25-42(35)55/h1-30,49H,(H,52,53,54). The Labute approximate surface area is 331 Å². The average Bonchev–Trinajstić information content (AvgIpc) is 3.96. The summed E-state index contributed by atoms with van der Waals surface area (Å²) in [7, 11) is 0. The normalized spacial score (nSPS) is 14.5. The minimum absolute atomic E-state index is 0.270. The summed E-state index contributed by atoms with van der Waals surface area (Å²) in [4.78, 5) is 10.4. The van der Waals surface area contributed by atoms with Crippen LogP contribution in [0.15, 0.2) is 196 Å². The highest BCUT2D eigenvalue weighted by Crippen LogP contribution is 2.45. The lowest BCUT2D eigenvalue weighted by Crippen LogP contribution is -2.33. The number of thiophene rings is 1. The number of nitrogens with one attached hydrogen (secondary N) is 1. The number of para-hydroxylation sites is 2. The van der Waals surface area contributed by atoms with Crippen LogP contribution in [0.5, 0.6) is 0 Å². The molecule has 57 heavy (non-hydrogen) atoms. The van der Waals surface area contributed by atoms with Crippen molar-refractivity contribution in [2.24, 2.45) is 9.98 Å². The number of aromatic nitrogens is 1. The van der Waals surface area contributed by atoms with Crippen LogP contribution in [0.4, 0.5) is 0 Å². The van der Waals surface area contributed by atoms with E-state index in [0.29, 0.717) is 0 Å². The van der Waals surface area contributed by atoms with Crippen molar-refractivity contribution in [3.8, 4) is 16.8 Å². The third-order valence-electron chi connectivity index (χ3n) is 11.3.